The van der Waals surface area contributed by atoms with Crippen molar-refractivity contribution < 1.29 is 19.1 Å². The number of nitrogens with one attached hydrogen (secondary N) is 3. The molecule has 1 aromatic carbocycles. The maximum atomic E-state index is 13.1. The van der Waals surface area contributed by atoms with Crippen molar-refractivity contribution >= 4 is 63.6 Å². The number of pyridine rings is 1. The van der Waals surface area contributed by atoms with Gasteiger partial charge in [0.2, 0.25) is 0 Å². The van der Waals surface area contributed by atoms with Gasteiger partial charge in [-0.25, -0.2) is 19.7 Å². The summed E-state index contributed by atoms with van der Waals surface area (Å²) in [7, 11) is 0. The van der Waals surface area contributed by atoms with E-state index in [9.17, 15) is 9.59 Å². The first-order valence-corrected chi connectivity index (χ1v) is 12.3. The molecule has 200 valence electrons. The summed E-state index contributed by atoms with van der Waals surface area (Å²) in [5.74, 6) is 0.910. The standard InChI is InChI=1S/C24H26N8O4S.ClH/c1-3-35-20(33)9-11-32(19-6-4-5-10-27-19)24(34)36-16-8-7-15-21(14(16)2)31-18(30-15)13-29-23-28-12-17(37-23)22(25)26;/h4-8,10,12H,3,9,11,13H2,1-2H3,(H3,25,26)(H,28,29)(H,30,31);1H. The first-order valence-electron chi connectivity index (χ1n) is 11.4. The Balaban J connectivity index is 0.00000400. The number of aromatic nitrogens is 4. The minimum absolute atomic E-state index is 0. The molecule has 0 saturated carbocycles. The number of nitrogen functional groups attached to an aromatic ring is 1. The average Bonchev–Trinajstić information content (AvgIpc) is 3.53. The molecular weight excluding hydrogens is 532 g/mol. The molecule has 12 nitrogen and oxygen atoms in total. The number of halogens is 1. The van der Waals surface area contributed by atoms with Gasteiger partial charge in [-0.05, 0) is 38.1 Å². The summed E-state index contributed by atoms with van der Waals surface area (Å²) in [5, 5.41) is 11.3. The molecule has 0 atom stereocenters. The van der Waals surface area contributed by atoms with Crippen LogP contribution in [0.25, 0.3) is 11.0 Å². The van der Waals surface area contributed by atoms with E-state index in [1.54, 1.807) is 49.6 Å². The lowest BCUT2D eigenvalue weighted by atomic mass is 10.2. The number of amides is 1. The molecule has 1 amide bonds. The van der Waals surface area contributed by atoms with Gasteiger partial charge >= 0.3 is 12.1 Å². The Bertz CT molecular complexity index is 1430. The normalized spacial score (nSPS) is 10.5. The third-order valence-electron chi connectivity index (χ3n) is 5.27. The number of thiazole rings is 1. The van der Waals surface area contributed by atoms with E-state index in [2.05, 4.69) is 25.3 Å². The summed E-state index contributed by atoms with van der Waals surface area (Å²) >= 11 is 1.28. The molecule has 0 unspecified atom stereocenters. The van der Waals surface area contributed by atoms with Gasteiger partial charge < -0.3 is 25.5 Å². The van der Waals surface area contributed by atoms with Crippen molar-refractivity contribution in [1.29, 1.82) is 5.41 Å². The topological polar surface area (TPSA) is 172 Å². The van der Waals surface area contributed by atoms with Crippen molar-refractivity contribution in [2.24, 2.45) is 5.73 Å². The zero-order chi connectivity index (χ0) is 26.4. The Labute approximate surface area is 228 Å². The SMILES string of the molecule is CCOC(=O)CCN(C(=O)Oc1ccc2[nH]c(CNc3ncc(C(=N)N)s3)nc2c1C)c1ccccn1.Cl. The highest BCUT2D eigenvalue weighted by Crippen LogP contribution is 2.27. The third kappa shape index (κ3) is 6.75. The van der Waals surface area contributed by atoms with Crippen LogP contribution < -0.4 is 20.7 Å². The fourth-order valence-electron chi connectivity index (χ4n) is 3.48. The van der Waals surface area contributed by atoms with Crippen LogP contribution in [0.1, 0.15) is 29.6 Å². The predicted molar refractivity (Wildman–Crippen MR) is 147 cm³/mol. The van der Waals surface area contributed by atoms with Crippen molar-refractivity contribution in [3.8, 4) is 5.75 Å². The highest BCUT2D eigenvalue weighted by atomic mass is 35.5. The third-order valence-corrected chi connectivity index (χ3v) is 6.26. The highest BCUT2D eigenvalue weighted by Gasteiger charge is 2.22. The Morgan fingerprint density at radius 3 is 2.74 bits per heavy atom. The van der Waals surface area contributed by atoms with Crippen LogP contribution >= 0.6 is 23.7 Å². The number of aromatic amines is 1. The van der Waals surface area contributed by atoms with Gasteiger partial charge in [0.15, 0.2) is 5.13 Å². The zero-order valence-electron chi connectivity index (χ0n) is 20.7. The maximum Gasteiger partial charge on any atom is 0.420 e. The van der Waals surface area contributed by atoms with Crippen LogP contribution in [0, 0.1) is 12.3 Å². The summed E-state index contributed by atoms with van der Waals surface area (Å²) in [5.41, 5.74) is 7.60. The Hall–Kier alpha value is -4.23. The second kappa shape index (κ2) is 12.8. The molecule has 0 fully saturated rings. The van der Waals surface area contributed by atoms with Crippen molar-refractivity contribution in [3.05, 3.63) is 59.0 Å². The van der Waals surface area contributed by atoms with E-state index in [0.717, 1.165) is 5.52 Å². The number of fused-ring (bicyclic) bond motifs is 1. The van der Waals surface area contributed by atoms with Crippen LogP contribution in [-0.4, -0.2) is 51.0 Å². The van der Waals surface area contributed by atoms with E-state index in [-0.39, 0.29) is 37.8 Å². The van der Waals surface area contributed by atoms with Gasteiger partial charge in [0.1, 0.15) is 23.2 Å². The molecule has 3 aromatic heterocycles. The fourth-order valence-corrected chi connectivity index (χ4v) is 4.15. The van der Waals surface area contributed by atoms with Crippen molar-refractivity contribution in [2.45, 2.75) is 26.8 Å². The Kier molecular flexibility index (Phi) is 9.57. The number of esters is 1. The summed E-state index contributed by atoms with van der Waals surface area (Å²) in [6, 6.07) is 8.61. The first-order chi connectivity index (χ1) is 17.9. The maximum absolute atomic E-state index is 13.1. The number of aryl methyl sites for hydroxylation is 1. The molecular formula is C24H27ClN8O4S. The number of H-pyrrole nitrogens is 1. The number of benzene rings is 1. The number of carbonyl (C=O) groups excluding carboxylic acids is 2. The number of rotatable bonds is 10. The van der Waals surface area contributed by atoms with Crippen LogP contribution in [0.15, 0.2) is 42.7 Å². The summed E-state index contributed by atoms with van der Waals surface area (Å²) in [6.07, 6.45) is 2.43. The van der Waals surface area contributed by atoms with Gasteiger partial charge in [0.25, 0.3) is 0 Å². The molecule has 0 aliphatic carbocycles. The van der Waals surface area contributed by atoms with E-state index in [4.69, 9.17) is 20.6 Å². The van der Waals surface area contributed by atoms with Crippen LogP contribution in [0.3, 0.4) is 0 Å². The number of ether oxygens (including phenoxy) is 2. The van der Waals surface area contributed by atoms with Gasteiger partial charge in [0, 0.05) is 18.3 Å². The van der Waals surface area contributed by atoms with Gasteiger partial charge in [-0.2, -0.15) is 0 Å². The number of anilines is 2. The lowest BCUT2D eigenvalue weighted by Gasteiger charge is -2.21. The lowest BCUT2D eigenvalue weighted by Crippen LogP contribution is -2.36. The van der Waals surface area contributed by atoms with E-state index >= 15 is 0 Å². The summed E-state index contributed by atoms with van der Waals surface area (Å²) < 4.78 is 10.7. The van der Waals surface area contributed by atoms with Gasteiger partial charge in [-0.1, -0.05) is 17.4 Å². The van der Waals surface area contributed by atoms with E-state index in [0.29, 0.717) is 45.0 Å². The van der Waals surface area contributed by atoms with Crippen molar-refractivity contribution in [3.63, 3.8) is 0 Å². The predicted octanol–water partition coefficient (Wildman–Crippen LogP) is 4.00. The molecule has 38 heavy (non-hydrogen) atoms. The van der Waals surface area contributed by atoms with Gasteiger partial charge in [-0.3, -0.25) is 15.1 Å². The van der Waals surface area contributed by atoms with E-state index < -0.39 is 12.1 Å². The first kappa shape index (κ1) is 28.3. The van der Waals surface area contributed by atoms with Crippen LogP contribution in [0.4, 0.5) is 15.7 Å². The molecule has 0 aliphatic rings. The number of hydrogen-bond donors (Lipinski definition) is 4. The monoisotopic (exact) mass is 558 g/mol. The molecule has 0 spiro atoms. The molecule has 5 N–H and O–H groups in total. The smallest absolute Gasteiger partial charge is 0.420 e. The Morgan fingerprint density at radius 2 is 2.05 bits per heavy atom. The molecule has 14 heteroatoms. The zero-order valence-corrected chi connectivity index (χ0v) is 22.3. The average molecular weight is 559 g/mol. The lowest BCUT2D eigenvalue weighted by molar-refractivity contribution is -0.142. The largest absolute Gasteiger partial charge is 0.466 e. The molecule has 0 aliphatic heterocycles. The quantitative estimate of drug-likeness (QED) is 0.127. The molecule has 0 saturated heterocycles. The Morgan fingerprint density at radius 1 is 1.24 bits per heavy atom. The number of carbonyl (C=O) groups is 2. The number of nitrogens with two attached hydrogens (primary N) is 1. The van der Waals surface area contributed by atoms with Crippen molar-refractivity contribution in [1.82, 2.24) is 19.9 Å². The van der Waals surface area contributed by atoms with Crippen LogP contribution in [0.2, 0.25) is 0 Å². The number of imidazole rings is 1. The van der Waals surface area contributed by atoms with E-state index in [1.807, 2.05) is 6.92 Å². The number of hydrogen-bond acceptors (Lipinski definition) is 10. The molecule has 0 radical (unpaired) electrons. The van der Waals surface area contributed by atoms with Crippen LogP contribution in [0.5, 0.6) is 5.75 Å². The van der Waals surface area contributed by atoms with Crippen molar-refractivity contribution in [2.75, 3.05) is 23.4 Å². The van der Waals surface area contributed by atoms with Crippen LogP contribution in [-0.2, 0) is 16.1 Å². The number of amidine groups is 1. The second-order valence-corrected chi connectivity index (χ2v) is 8.86. The fraction of sp³-hybridized carbons (Fsp3) is 0.250. The van der Waals surface area contributed by atoms with Gasteiger partial charge in [0.05, 0.1) is 41.7 Å². The highest BCUT2D eigenvalue weighted by molar-refractivity contribution is 7.17. The minimum Gasteiger partial charge on any atom is -0.466 e. The van der Waals surface area contributed by atoms with Gasteiger partial charge in [-0.15, -0.1) is 12.4 Å². The minimum atomic E-state index is -0.673. The molecule has 4 aromatic rings. The number of nitrogens with zero attached hydrogens (tertiary/aromatic N) is 4. The summed E-state index contributed by atoms with van der Waals surface area (Å²) in [6.45, 7) is 4.22. The second-order valence-electron chi connectivity index (χ2n) is 7.83. The summed E-state index contributed by atoms with van der Waals surface area (Å²) in [4.78, 5) is 43.2. The molecule has 4 rings (SSSR count). The van der Waals surface area contributed by atoms with E-state index in [1.165, 1.54) is 16.2 Å². The molecule has 3 heterocycles. The molecule has 0 bridgehead atoms.